The molecule has 262 valence electrons. The van der Waals surface area contributed by atoms with Crippen molar-refractivity contribution in [1.82, 2.24) is 9.03 Å². The van der Waals surface area contributed by atoms with Crippen LogP contribution in [-0.4, -0.2) is 9.03 Å². The van der Waals surface area contributed by atoms with Gasteiger partial charge in [0.1, 0.15) is 22.3 Å². The van der Waals surface area contributed by atoms with Crippen LogP contribution in [-0.2, 0) is 0 Å². The van der Waals surface area contributed by atoms with Gasteiger partial charge in [0.05, 0.1) is 21.8 Å². The van der Waals surface area contributed by atoms with Gasteiger partial charge in [0.15, 0.2) is 0 Å². The van der Waals surface area contributed by atoms with Crippen molar-refractivity contribution in [2.45, 2.75) is 0 Å². The molecule has 4 aromatic heterocycles. The second-order valence-corrected chi connectivity index (χ2v) is 14.3. The van der Waals surface area contributed by atoms with E-state index in [1.165, 1.54) is 4.52 Å². The van der Waals surface area contributed by atoms with Gasteiger partial charge in [-0.3, -0.25) is 9.59 Å². The summed E-state index contributed by atoms with van der Waals surface area (Å²) in [7, 11) is 0. The molecule has 12 rings (SSSR count). The van der Waals surface area contributed by atoms with Crippen molar-refractivity contribution in [3.63, 3.8) is 0 Å². The van der Waals surface area contributed by atoms with Crippen molar-refractivity contribution in [3.05, 3.63) is 191 Å². The van der Waals surface area contributed by atoms with Gasteiger partial charge in [-0.15, -0.1) is 0 Å². The van der Waals surface area contributed by atoms with Gasteiger partial charge in [-0.05, 0) is 81.9 Å². The summed E-state index contributed by atoms with van der Waals surface area (Å²) in [6.07, 6.45) is 0. The van der Waals surface area contributed by atoms with Crippen molar-refractivity contribution in [1.29, 1.82) is 0 Å². The lowest BCUT2D eigenvalue weighted by molar-refractivity contribution is 0.668. The van der Waals surface area contributed by atoms with Crippen molar-refractivity contribution >= 4 is 65.7 Å². The molecule has 0 fully saturated rings. The Labute approximate surface area is 317 Å². The Hall–Kier alpha value is -7.70. The molecule has 56 heavy (non-hydrogen) atoms. The third-order valence-corrected chi connectivity index (χ3v) is 11.3. The summed E-state index contributed by atoms with van der Waals surface area (Å²) in [4.78, 5) is 28.9. The van der Waals surface area contributed by atoms with E-state index in [0.717, 1.165) is 88.4 Å². The molecule has 0 N–H and O–H groups in total. The fourth-order valence-electron chi connectivity index (χ4n) is 8.89. The van der Waals surface area contributed by atoms with E-state index >= 15 is 0 Å². The first-order valence-corrected chi connectivity index (χ1v) is 18.6. The highest BCUT2D eigenvalue weighted by atomic mass is 16.3. The van der Waals surface area contributed by atoms with E-state index in [1.807, 2.05) is 121 Å². The zero-order valence-corrected chi connectivity index (χ0v) is 29.7. The molecule has 0 spiro atoms. The topological polar surface area (TPSA) is 69.2 Å². The quantitative estimate of drug-likeness (QED) is 0.181. The number of fused-ring (bicyclic) bond motifs is 11. The number of nitrogens with zero attached hydrogens (tertiary/aromatic N) is 2. The highest BCUT2D eigenvalue weighted by Gasteiger charge is 2.23. The summed E-state index contributed by atoms with van der Waals surface area (Å²) in [6.45, 7) is 0. The molecule has 0 radical (unpaired) electrons. The van der Waals surface area contributed by atoms with Crippen molar-refractivity contribution in [2.24, 2.45) is 0 Å². The van der Waals surface area contributed by atoms with Crippen LogP contribution in [0.5, 0.6) is 0 Å². The largest absolute Gasteiger partial charge is 0.456 e. The number of benzene rings is 8. The van der Waals surface area contributed by atoms with E-state index in [9.17, 15) is 9.59 Å². The van der Waals surface area contributed by atoms with Crippen LogP contribution in [0, 0.1) is 0 Å². The van der Waals surface area contributed by atoms with Crippen LogP contribution < -0.4 is 11.1 Å². The first kappa shape index (κ1) is 30.7. The Morgan fingerprint density at radius 3 is 1.23 bits per heavy atom. The van der Waals surface area contributed by atoms with Gasteiger partial charge >= 0.3 is 0 Å². The summed E-state index contributed by atoms with van der Waals surface area (Å²) in [5.74, 6) is 0. The van der Waals surface area contributed by atoms with Crippen molar-refractivity contribution in [3.8, 4) is 44.5 Å². The van der Waals surface area contributed by atoms with Gasteiger partial charge in [-0.1, -0.05) is 121 Å². The van der Waals surface area contributed by atoms with E-state index in [4.69, 9.17) is 8.83 Å². The summed E-state index contributed by atoms with van der Waals surface area (Å²) in [5.41, 5.74) is 11.6. The third-order valence-electron chi connectivity index (χ3n) is 11.3. The first-order valence-electron chi connectivity index (χ1n) is 18.6. The number of aromatic nitrogens is 2. The minimum absolute atomic E-state index is 0.358. The maximum absolute atomic E-state index is 14.4. The molecule has 6 nitrogen and oxygen atoms in total. The molecule has 0 aliphatic rings. The zero-order valence-electron chi connectivity index (χ0n) is 29.7. The Bertz CT molecular complexity index is 3440. The molecule has 0 aliphatic heterocycles. The molecule has 0 unspecified atom stereocenters. The number of hydrogen-bond donors (Lipinski definition) is 0. The highest BCUT2D eigenvalue weighted by Crippen LogP contribution is 2.45. The van der Waals surface area contributed by atoms with E-state index < -0.39 is 0 Å². The van der Waals surface area contributed by atoms with Crippen LogP contribution in [0.3, 0.4) is 0 Å². The molecule has 0 aliphatic carbocycles. The zero-order chi connectivity index (χ0) is 37.1. The average Bonchev–Trinajstić information content (AvgIpc) is 3.99. The molecular weight excluding hydrogens is 693 g/mol. The van der Waals surface area contributed by atoms with Gasteiger partial charge in [-0.2, -0.15) is 4.52 Å². The number of furan rings is 2. The fourth-order valence-corrected chi connectivity index (χ4v) is 8.89. The van der Waals surface area contributed by atoms with Crippen LogP contribution in [0.4, 0.5) is 0 Å². The van der Waals surface area contributed by atoms with Crippen LogP contribution in [0.2, 0.25) is 0 Å². The van der Waals surface area contributed by atoms with Crippen LogP contribution in [0.1, 0.15) is 0 Å². The molecule has 0 saturated carbocycles. The minimum atomic E-state index is -0.358. The van der Waals surface area contributed by atoms with E-state index in [1.54, 1.807) is 4.52 Å². The highest BCUT2D eigenvalue weighted by molar-refractivity contribution is 6.17. The maximum atomic E-state index is 14.4. The monoisotopic (exact) mass is 720 g/mol. The Morgan fingerprint density at radius 1 is 0.339 bits per heavy atom. The van der Waals surface area contributed by atoms with Crippen LogP contribution in [0.25, 0.3) is 110 Å². The molecular formula is C50H28N2O4. The first-order chi connectivity index (χ1) is 27.6. The van der Waals surface area contributed by atoms with E-state index in [2.05, 4.69) is 48.5 Å². The van der Waals surface area contributed by atoms with Crippen molar-refractivity contribution in [2.75, 3.05) is 0 Å². The molecule has 0 saturated heterocycles. The molecule has 0 bridgehead atoms. The van der Waals surface area contributed by atoms with Gasteiger partial charge in [-0.25, -0.2) is 4.52 Å². The lowest BCUT2D eigenvalue weighted by Gasteiger charge is -2.13. The molecule has 12 aromatic rings. The summed E-state index contributed by atoms with van der Waals surface area (Å²) in [5, 5.41) is 4.91. The summed E-state index contributed by atoms with van der Waals surface area (Å²) in [6, 6.07) is 56.6. The minimum Gasteiger partial charge on any atom is -0.456 e. The Kier molecular flexibility index (Phi) is 6.26. The normalized spacial score (nSPS) is 12.1. The fraction of sp³-hybridized carbons (Fsp3) is 0. The molecule has 4 heterocycles. The second kappa shape index (κ2) is 11.4. The van der Waals surface area contributed by atoms with Gasteiger partial charge in [0, 0.05) is 32.7 Å². The van der Waals surface area contributed by atoms with Gasteiger partial charge < -0.3 is 8.83 Å². The predicted octanol–water partition coefficient (Wildman–Crippen LogP) is 12.0. The Morgan fingerprint density at radius 2 is 0.768 bits per heavy atom. The molecule has 0 amide bonds. The second-order valence-electron chi connectivity index (χ2n) is 14.3. The molecule has 0 atom stereocenters. The predicted molar refractivity (Wildman–Crippen MR) is 226 cm³/mol. The van der Waals surface area contributed by atoms with Gasteiger partial charge in [0.25, 0.3) is 11.1 Å². The number of rotatable bonds is 4. The summed E-state index contributed by atoms with van der Waals surface area (Å²) >= 11 is 0. The smallest absolute Gasteiger partial charge is 0.282 e. The van der Waals surface area contributed by atoms with Crippen LogP contribution in [0.15, 0.2) is 188 Å². The average molecular weight is 721 g/mol. The lowest BCUT2D eigenvalue weighted by atomic mass is 9.90. The standard InChI is InChI=1S/C50H28N2O4/c53-49-37-27-31(45-33(29-11-3-1-4-12-29)21-25-43-47(45)35-15-7-9-17-41(35)55-43)19-23-39(37)51-40-24-20-32(28-38(40)50(54)52(49)51)46-34(30-13-5-2-6-14-30)22-26-44-48(46)36-16-8-10-18-42(36)56-44/h1-28H. The SMILES string of the molecule is O=c1c2cc(-c3c(-c4ccccc4)ccc4oc5ccccc5c34)ccc2n2c3ccc(-c4c(-c5ccccc5)ccc5oc6ccccc6c45)cc3c(=O)n12. The Balaban J connectivity index is 1.10. The van der Waals surface area contributed by atoms with Crippen LogP contribution >= 0.6 is 0 Å². The van der Waals surface area contributed by atoms with E-state index in [0.29, 0.717) is 21.8 Å². The number of para-hydroxylation sites is 2. The molecule has 8 aromatic carbocycles. The van der Waals surface area contributed by atoms with Gasteiger partial charge in [0.2, 0.25) is 0 Å². The third kappa shape index (κ3) is 4.21. The van der Waals surface area contributed by atoms with Crippen molar-refractivity contribution < 1.29 is 8.83 Å². The number of hydrogen-bond acceptors (Lipinski definition) is 4. The summed E-state index contributed by atoms with van der Waals surface area (Å²) < 4.78 is 15.7. The molecule has 6 heteroatoms. The lowest BCUT2D eigenvalue weighted by Crippen LogP contribution is -2.21. The maximum Gasteiger partial charge on any atom is 0.282 e. The van der Waals surface area contributed by atoms with E-state index in [-0.39, 0.29) is 11.1 Å².